The fraction of sp³-hybridized carbons (Fsp3) is 0.556. The van der Waals surface area contributed by atoms with E-state index in [9.17, 15) is 18.0 Å². The summed E-state index contributed by atoms with van der Waals surface area (Å²) in [6, 6.07) is 4.18. The quantitative estimate of drug-likeness (QED) is 0.854. The fourth-order valence-corrected chi connectivity index (χ4v) is 5.30. The van der Waals surface area contributed by atoms with Gasteiger partial charge in [0.25, 0.3) is 0 Å². The van der Waals surface area contributed by atoms with Crippen molar-refractivity contribution in [2.45, 2.75) is 50.5 Å². The molecule has 1 aromatic carbocycles. The Bertz CT molecular complexity index is 816. The molecule has 2 aliphatic heterocycles. The summed E-state index contributed by atoms with van der Waals surface area (Å²) in [5.74, 6) is -0.453. The van der Waals surface area contributed by atoms with Crippen LogP contribution < -0.4 is 10.2 Å². The van der Waals surface area contributed by atoms with Gasteiger partial charge in [0.15, 0.2) is 0 Å². The minimum atomic E-state index is -3.54. The van der Waals surface area contributed by atoms with Crippen LogP contribution in [0.1, 0.15) is 38.7 Å². The minimum Gasteiger partial charge on any atom is -0.355 e. The molecular weight excluding hydrogens is 354 g/mol. The van der Waals surface area contributed by atoms with Crippen LogP contribution in [0.2, 0.25) is 0 Å². The first kappa shape index (κ1) is 18.8. The van der Waals surface area contributed by atoms with Gasteiger partial charge in [0, 0.05) is 38.7 Å². The summed E-state index contributed by atoms with van der Waals surface area (Å²) in [5, 5.41) is 2.74. The molecule has 1 aromatic rings. The van der Waals surface area contributed by atoms with Crippen molar-refractivity contribution in [1.29, 1.82) is 0 Å². The number of hydrogen-bond acceptors (Lipinski definition) is 4. The average molecular weight is 379 g/mol. The van der Waals surface area contributed by atoms with Crippen LogP contribution in [0.3, 0.4) is 0 Å². The highest BCUT2D eigenvalue weighted by Gasteiger charge is 2.38. The molecule has 26 heavy (non-hydrogen) atoms. The van der Waals surface area contributed by atoms with E-state index < -0.39 is 16.1 Å². The van der Waals surface area contributed by atoms with Crippen molar-refractivity contribution in [3.8, 4) is 0 Å². The van der Waals surface area contributed by atoms with Gasteiger partial charge in [-0.15, -0.1) is 0 Å². The highest BCUT2D eigenvalue weighted by Crippen LogP contribution is 2.35. The highest BCUT2D eigenvalue weighted by atomic mass is 32.2. The van der Waals surface area contributed by atoms with Gasteiger partial charge in [0.05, 0.1) is 4.90 Å². The number of fused-ring (bicyclic) bond motifs is 1. The van der Waals surface area contributed by atoms with E-state index in [2.05, 4.69) is 5.32 Å². The Morgan fingerprint density at radius 1 is 1.19 bits per heavy atom. The predicted octanol–water partition coefficient (Wildman–Crippen LogP) is 1.27. The zero-order valence-corrected chi connectivity index (χ0v) is 16.0. The molecule has 7 nitrogen and oxygen atoms in total. The first-order valence-corrected chi connectivity index (χ1v) is 10.5. The number of hydrogen-bond donors (Lipinski definition) is 1. The van der Waals surface area contributed by atoms with Crippen LogP contribution >= 0.6 is 0 Å². The molecule has 1 N–H and O–H groups in total. The second-order valence-corrected chi connectivity index (χ2v) is 8.70. The van der Waals surface area contributed by atoms with Gasteiger partial charge in [0.2, 0.25) is 21.8 Å². The number of piperidine rings is 1. The number of sulfonamides is 1. The summed E-state index contributed by atoms with van der Waals surface area (Å²) < 4.78 is 27.3. The number of rotatable bonds is 4. The van der Waals surface area contributed by atoms with Gasteiger partial charge in [-0.3, -0.25) is 14.5 Å². The maximum Gasteiger partial charge on any atom is 0.243 e. The molecule has 1 fully saturated rings. The highest BCUT2D eigenvalue weighted by molar-refractivity contribution is 7.89. The van der Waals surface area contributed by atoms with Crippen molar-refractivity contribution < 1.29 is 18.0 Å². The molecule has 1 atom stereocenters. The number of likely N-dealkylation sites (N-methyl/N-ethyl adjacent to an activating group) is 1. The molecule has 2 heterocycles. The number of nitrogens with one attached hydrogen (secondary N) is 1. The van der Waals surface area contributed by atoms with E-state index in [1.54, 1.807) is 18.2 Å². The third kappa shape index (κ3) is 3.35. The molecule has 142 valence electrons. The van der Waals surface area contributed by atoms with Gasteiger partial charge in [-0.25, -0.2) is 8.42 Å². The number of amides is 2. The van der Waals surface area contributed by atoms with E-state index in [4.69, 9.17) is 0 Å². The van der Waals surface area contributed by atoms with Crippen molar-refractivity contribution in [3.05, 3.63) is 23.8 Å². The molecule has 8 heteroatoms. The molecule has 0 saturated carbocycles. The number of nitrogens with zero attached hydrogens (tertiary/aromatic N) is 2. The second-order valence-electron chi connectivity index (χ2n) is 6.76. The number of benzene rings is 1. The monoisotopic (exact) mass is 379 g/mol. The van der Waals surface area contributed by atoms with Crippen LogP contribution in [0, 0.1) is 0 Å². The van der Waals surface area contributed by atoms with E-state index in [1.165, 1.54) is 16.1 Å². The Hall–Kier alpha value is -1.93. The first-order chi connectivity index (χ1) is 12.4. The van der Waals surface area contributed by atoms with Gasteiger partial charge in [-0.2, -0.15) is 4.31 Å². The number of carbonyl (C=O) groups is 2. The van der Waals surface area contributed by atoms with E-state index in [0.717, 1.165) is 24.8 Å². The Labute approximate surface area is 154 Å². The van der Waals surface area contributed by atoms with Crippen LogP contribution in [-0.4, -0.2) is 50.2 Å². The van der Waals surface area contributed by atoms with Crippen LogP contribution in [0.4, 0.5) is 5.69 Å². The first-order valence-electron chi connectivity index (χ1n) is 9.07. The zero-order chi connectivity index (χ0) is 18.9. The summed E-state index contributed by atoms with van der Waals surface area (Å²) in [5.41, 5.74) is 1.33. The van der Waals surface area contributed by atoms with E-state index >= 15 is 0 Å². The zero-order valence-electron chi connectivity index (χ0n) is 15.2. The van der Waals surface area contributed by atoms with Gasteiger partial charge in [0.1, 0.15) is 6.04 Å². The Kier molecular flexibility index (Phi) is 5.34. The lowest BCUT2D eigenvalue weighted by Gasteiger charge is -2.26. The largest absolute Gasteiger partial charge is 0.355 e. The van der Waals surface area contributed by atoms with Crippen LogP contribution in [0.25, 0.3) is 0 Å². The van der Waals surface area contributed by atoms with Crippen molar-refractivity contribution in [1.82, 2.24) is 9.62 Å². The molecule has 0 bridgehead atoms. The maximum atomic E-state index is 12.9. The third-order valence-electron chi connectivity index (χ3n) is 4.98. The topological polar surface area (TPSA) is 86.8 Å². The van der Waals surface area contributed by atoms with Crippen LogP contribution in [-0.2, 0) is 26.0 Å². The van der Waals surface area contributed by atoms with Gasteiger partial charge >= 0.3 is 0 Å². The van der Waals surface area contributed by atoms with E-state index in [1.807, 2.05) is 6.92 Å². The molecule has 0 unspecified atom stereocenters. The van der Waals surface area contributed by atoms with Crippen molar-refractivity contribution >= 4 is 27.5 Å². The molecule has 2 amide bonds. The normalized spacial score (nSPS) is 20.7. The van der Waals surface area contributed by atoms with Gasteiger partial charge < -0.3 is 5.32 Å². The van der Waals surface area contributed by atoms with Gasteiger partial charge in [-0.05, 0) is 43.5 Å². The fourth-order valence-electron chi connectivity index (χ4n) is 3.73. The summed E-state index contributed by atoms with van der Waals surface area (Å²) in [7, 11) is -3.54. The molecule has 0 spiro atoms. The number of anilines is 1. The lowest BCUT2D eigenvalue weighted by Crippen LogP contribution is -2.47. The van der Waals surface area contributed by atoms with E-state index in [0.29, 0.717) is 31.7 Å². The molecule has 1 saturated heterocycles. The van der Waals surface area contributed by atoms with Crippen molar-refractivity contribution in [2.75, 3.05) is 24.5 Å². The standard InChI is InChI=1S/C18H25N3O4S/c1-3-19-18(23)17-12-14-11-15(7-8-16(14)21(17)13(2)22)26(24,25)20-9-5-4-6-10-20/h7-8,11,17H,3-6,9-10,12H2,1-2H3,(H,19,23)/t17-/m1/s1. The third-order valence-corrected chi connectivity index (χ3v) is 6.88. The molecular formula is C18H25N3O4S. The number of carbonyl (C=O) groups excluding carboxylic acids is 2. The Balaban J connectivity index is 1.93. The van der Waals surface area contributed by atoms with Crippen molar-refractivity contribution in [2.24, 2.45) is 0 Å². The Morgan fingerprint density at radius 2 is 1.88 bits per heavy atom. The molecule has 0 radical (unpaired) electrons. The molecule has 0 aliphatic carbocycles. The summed E-state index contributed by atoms with van der Waals surface area (Å²) in [6.45, 7) is 4.80. The maximum absolute atomic E-state index is 12.9. The lowest BCUT2D eigenvalue weighted by atomic mass is 10.1. The summed E-state index contributed by atoms with van der Waals surface area (Å²) in [4.78, 5) is 26.1. The van der Waals surface area contributed by atoms with E-state index in [-0.39, 0.29) is 16.7 Å². The summed E-state index contributed by atoms with van der Waals surface area (Å²) >= 11 is 0. The Morgan fingerprint density at radius 3 is 2.50 bits per heavy atom. The smallest absolute Gasteiger partial charge is 0.243 e. The summed E-state index contributed by atoms with van der Waals surface area (Å²) in [6.07, 6.45) is 3.13. The molecule has 2 aliphatic rings. The van der Waals surface area contributed by atoms with Crippen LogP contribution in [0.15, 0.2) is 23.1 Å². The molecule has 3 rings (SSSR count). The average Bonchev–Trinajstić information content (AvgIpc) is 3.01. The van der Waals surface area contributed by atoms with Crippen molar-refractivity contribution in [3.63, 3.8) is 0 Å². The lowest BCUT2D eigenvalue weighted by molar-refractivity contribution is -0.125. The van der Waals surface area contributed by atoms with Crippen LogP contribution in [0.5, 0.6) is 0 Å². The SMILES string of the molecule is CCNC(=O)[C@H]1Cc2cc(S(=O)(=O)N3CCCCC3)ccc2N1C(C)=O. The molecule has 0 aromatic heterocycles. The minimum absolute atomic E-state index is 0.223. The van der Waals surface area contributed by atoms with Gasteiger partial charge in [-0.1, -0.05) is 6.42 Å². The predicted molar refractivity (Wildman–Crippen MR) is 98.4 cm³/mol. The second kappa shape index (κ2) is 7.36.